The molecule has 2 amide bonds. The van der Waals surface area contributed by atoms with Crippen molar-refractivity contribution >= 4 is 24.2 Å². The summed E-state index contributed by atoms with van der Waals surface area (Å²) in [5, 5.41) is 2.66. The van der Waals surface area contributed by atoms with Crippen LogP contribution in [0.2, 0.25) is 0 Å². The number of rotatable bonds is 3. The average Bonchev–Trinajstić information content (AvgIpc) is 3.03. The van der Waals surface area contributed by atoms with Crippen molar-refractivity contribution in [1.82, 2.24) is 10.7 Å². The molecule has 0 atom stereocenters. The van der Waals surface area contributed by atoms with E-state index >= 15 is 0 Å². The Hall–Kier alpha value is -0.850. The summed E-state index contributed by atoms with van der Waals surface area (Å²) in [7, 11) is 0. The molecule has 6 N–H and O–H groups in total. The van der Waals surface area contributed by atoms with Crippen molar-refractivity contribution in [3.8, 4) is 0 Å². The van der Waals surface area contributed by atoms with Gasteiger partial charge in [-0.05, 0) is 25.7 Å². The van der Waals surface area contributed by atoms with Crippen LogP contribution in [0.1, 0.15) is 25.7 Å². The number of hydrazine groups is 1. The molecular weight excluding hydrogens is 220 g/mol. The smallest absolute Gasteiger partial charge is 0.259 e. The minimum absolute atomic E-state index is 0. The van der Waals surface area contributed by atoms with Gasteiger partial charge in [-0.15, -0.1) is 12.4 Å². The van der Waals surface area contributed by atoms with Crippen LogP contribution in [-0.2, 0) is 9.59 Å². The van der Waals surface area contributed by atoms with E-state index in [1.165, 1.54) is 0 Å². The maximum atomic E-state index is 11.5. The van der Waals surface area contributed by atoms with Crippen molar-refractivity contribution in [1.29, 1.82) is 0 Å². The van der Waals surface area contributed by atoms with Crippen molar-refractivity contribution in [2.24, 2.45) is 11.6 Å². The highest BCUT2D eigenvalue weighted by Gasteiger charge is 2.55. The minimum Gasteiger partial charge on any atom is -0.340 e. The highest BCUT2D eigenvalue weighted by Crippen LogP contribution is 2.39. The summed E-state index contributed by atoms with van der Waals surface area (Å²) in [5.74, 6) is 4.44. The molecule has 0 aromatic carbocycles. The second-order valence-corrected chi connectivity index (χ2v) is 4.17. The van der Waals surface area contributed by atoms with Crippen LogP contribution in [-0.4, -0.2) is 22.9 Å². The van der Waals surface area contributed by atoms with Crippen LogP contribution in [0, 0.1) is 0 Å². The molecule has 15 heavy (non-hydrogen) atoms. The summed E-state index contributed by atoms with van der Waals surface area (Å²) in [6, 6.07) is 0. The Labute approximate surface area is 93.5 Å². The Bertz CT molecular complexity index is 299. The molecule has 2 saturated carbocycles. The van der Waals surface area contributed by atoms with Gasteiger partial charge in [0.05, 0.1) is 5.54 Å². The third-order valence-corrected chi connectivity index (χ3v) is 2.91. The molecule has 0 radical (unpaired) electrons. The van der Waals surface area contributed by atoms with E-state index in [9.17, 15) is 9.59 Å². The maximum Gasteiger partial charge on any atom is 0.259 e. The molecule has 0 unspecified atom stereocenters. The molecule has 2 rings (SSSR count). The van der Waals surface area contributed by atoms with Crippen LogP contribution in [0.15, 0.2) is 0 Å². The number of carbonyl (C=O) groups excluding carboxylic acids is 2. The van der Waals surface area contributed by atoms with Gasteiger partial charge in [-0.1, -0.05) is 0 Å². The molecule has 0 bridgehead atoms. The van der Waals surface area contributed by atoms with Crippen molar-refractivity contribution in [3.63, 3.8) is 0 Å². The van der Waals surface area contributed by atoms with E-state index in [1.54, 1.807) is 0 Å². The molecule has 0 spiro atoms. The normalized spacial score (nSPS) is 23.3. The largest absolute Gasteiger partial charge is 0.340 e. The zero-order chi connectivity index (χ0) is 10.4. The summed E-state index contributed by atoms with van der Waals surface area (Å²) < 4.78 is 0. The topological polar surface area (TPSA) is 110 Å². The minimum atomic E-state index is -0.777. The molecular formula is C8H15ClN4O2. The highest BCUT2D eigenvalue weighted by molar-refractivity contribution is 5.97. The zero-order valence-electron chi connectivity index (χ0n) is 8.21. The van der Waals surface area contributed by atoms with E-state index in [0.717, 1.165) is 0 Å². The predicted octanol–water partition coefficient (Wildman–Crippen LogP) is -1.46. The molecule has 0 aliphatic heterocycles. The fourth-order valence-electron chi connectivity index (χ4n) is 1.38. The number of hydrogen-bond donors (Lipinski definition) is 4. The summed E-state index contributed by atoms with van der Waals surface area (Å²) in [5.41, 5.74) is 6.23. The molecule has 0 aromatic heterocycles. The molecule has 2 fully saturated rings. The molecule has 2 aliphatic carbocycles. The molecule has 0 heterocycles. The second-order valence-electron chi connectivity index (χ2n) is 4.17. The third-order valence-electron chi connectivity index (χ3n) is 2.91. The number of nitrogens with two attached hydrogens (primary N) is 2. The van der Waals surface area contributed by atoms with E-state index in [-0.39, 0.29) is 24.2 Å². The third kappa shape index (κ3) is 2.06. The first-order valence-corrected chi connectivity index (χ1v) is 4.65. The molecule has 2 aliphatic rings. The summed E-state index contributed by atoms with van der Waals surface area (Å²) in [6.45, 7) is 0. The fourth-order valence-corrected chi connectivity index (χ4v) is 1.38. The van der Waals surface area contributed by atoms with Crippen LogP contribution in [0.3, 0.4) is 0 Å². The van der Waals surface area contributed by atoms with Gasteiger partial charge in [0.15, 0.2) is 0 Å². The van der Waals surface area contributed by atoms with E-state index < -0.39 is 11.1 Å². The Morgan fingerprint density at radius 1 is 1.07 bits per heavy atom. The Morgan fingerprint density at radius 2 is 1.60 bits per heavy atom. The van der Waals surface area contributed by atoms with Crippen molar-refractivity contribution in [3.05, 3.63) is 0 Å². The van der Waals surface area contributed by atoms with Gasteiger partial charge in [0.2, 0.25) is 5.91 Å². The fraction of sp³-hybridized carbons (Fsp3) is 0.750. The number of halogens is 1. The van der Waals surface area contributed by atoms with Crippen molar-refractivity contribution < 1.29 is 9.59 Å². The first-order chi connectivity index (χ1) is 6.52. The first-order valence-electron chi connectivity index (χ1n) is 4.65. The van der Waals surface area contributed by atoms with Gasteiger partial charge in [-0.25, -0.2) is 5.84 Å². The van der Waals surface area contributed by atoms with Crippen LogP contribution in [0.4, 0.5) is 0 Å². The Kier molecular flexibility index (Phi) is 2.95. The zero-order valence-corrected chi connectivity index (χ0v) is 9.02. The lowest BCUT2D eigenvalue weighted by molar-refractivity contribution is -0.131. The molecule has 7 heteroatoms. The lowest BCUT2D eigenvalue weighted by atomic mass is 10.2. The predicted molar refractivity (Wildman–Crippen MR) is 55.8 cm³/mol. The van der Waals surface area contributed by atoms with E-state index in [1.807, 2.05) is 0 Å². The highest BCUT2D eigenvalue weighted by atomic mass is 35.5. The van der Waals surface area contributed by atoms with Crippen molar-refractivity contribution in [2.75, 3.05) is 0 Å². The van der Waals surface area contributed by atoms with E-state index in [4.69, 9.17) is 11.6 Å². The summed E-state index contributed by atoms with van der Waals surface area (Å²) in [6.07, 6.45) is 2.66. The van der Waals surface area contributed by atoms with Gasteiger partial charge >= 0.3 is 0 Å². The number of nitrogens with one attached hydrogen (secondary N) is 2. The average molecular weight is 235 g/mol. The van der Waals surface area contributed by atoms with Gasteiger partial charge in [0.25, 0.3) is 5.91 Å². The van der Waals surface area contributed by atoms with Gasteiger partial charge in [-0.2, -0.15) is 0 Å². The van der Waals surface area contributed by atoms with Crippen LogP contribution < -0.4 is 22.3 Å². The standard InChI is InChI=1S/C8H14N4O2.ClH/c9-7(1-2-7)5(13)11-8(3-4-8)6(14)12-10;/h1-4,9-10H2,(H,11,13)(H,12,14);1H. The van der Waals surface area contributed by atoms with E-state index in [0.29, 0.717) is 25.7 Å². The first kappa shape index (κ1) is 12.2. The number of hydrogen-bond acceptors (Lipinski definition) is 4. The van der Waals surface area contributed by atoms with Gasteiger partial charge in [0, 0.05) is 0 Å². The van der Waals surface area contributed by atoms with Crippen LogP contribution >= 0.6 is 12.4 Å². The summed E-state index contributed by atoms with van der Waals surface area (Å²) in [4.78, 5) is 22.8. The Balaban J connectivity index is 0.00000112. The van der Waals surface area contributed by atoms with Gasteiger partial charge < -0.3 is 11.1 Å². The van der Waals surface area contributed by atoms with Crippen LogP contribution in [0.5, 0.6) is 0 Å². The Morgan fingerprint density at radius 3 is 1.93 bits per heavy atom. The van der Waals surface area contributed by atoms with Crippen LogP contribution in [0.25, 0.3) is 0 Å². The molecule has 0 saturated heterocycles. The number of carbonyl (C=O) groups is 2. The molecule has 0 aromatic rings. The lowest BCUT2D eigenvalue weighted by Crippen LogP contribution is -2.55. The van der Waals surface area contributed by atoms with Gasteiger partial charge in [-0.3, -0.25) is 15.0 Å². The number of amides is 2. The van der Waals surface area contributed by atoms with E-state index in [2.05, 4.69) is 10.7 Å². The summed E-state index contributed by atoms with van der Waals surface area (Å²) >= 11 is 0. The molecule has 86 valence electrons. The SMILES string of the molecule is Cl.NNC(=O)C1(NC(=O)C2(N)CC2)CC1. The lowest BCUT2D eigenvalue weighted by Gasteiger charge is -2.17. The second kappa shape index (κ2) is 3.62. The molecule has 6 nitrogen and oxygen atoms in total. The van der Waals surface area contributed by atoms with Crippen molar-refractivity contribution in [2.45, 2.75) is 36.8 Å². The van der Waals surface area contributed by atoms with Gasteiger partial charge in [0.1, 0.15) is 5.54 Å². The quantitative estimate of drug-likeness (QED) is 0.272. The monoisotopic (exact) mass is 234 g/mol. The maximum absolute atomic E-state index is 11.5.